The maximum Gasteiger partial charge on any atom is 0.187 e. The van der Waals surface area contributed by atoms with Crippen molar-refractivity contribution < 1.29 is 0 Å². The molecular formula is C17H23N3S. The summed E-state index contributed by atoms with van der Waals surface area (Å²) in [5.41, 5.74) is 3.82. The fourth-order valence-corrected chi connectivity index (χ4v) is 2.56. The van der Waals surface area contributed by atoms with Crippen LogP contribution in [-0.4, -0.2) is 15.5 Å². The van der Waals surface area contributed by atoms with Crippen molar-refractivity contribution in [2.45, 2.75) is 50.7 Å². The van der Waals surface area contributed by atoms with Crippen LogP contribution in [0.15, 0.2) is 41.8 Å². The van der Waals surface area contributed by atoms with E-state index in [1.54, 1.807) is 11.8 Å². The molecule has 0 radical (unpaired) electrons. The van der Waals surface area contributed by atoms with E-state index in [9.17, 15) is 0 Å². The molecule has 0 aliphatic rings. The largest absolute Gasteiger partial charge is 0.308 e. The van der Waals surface area contributed by atoms with Crippen molar-refractivity contribution >= 4 is 11.8 Å². The summed E-state index contributed by atoms with van der Waals surface area (Å²) in [6, 6.07) is 8.55. The Morgan fingerprint density at radius 3 is 2.43 bits per heavy atom. The molecule has 0 bridgehead atoms. The van der Waals surface area contributed by atoms with Crippen LogP contribution in [-0.2, 0) is 12.3 Å². The molecule has 2 aromatic rings. The van der Waals surface area contributed by atoms with Crippen LogP contribution >= 0.6 is 11.8 Å². The maximum atomic E-state index is 4.43. The molecule has 0 atom stereocenters. The van der Waals surface area contributed by atoms with E-state index in [0.717, 1.165) is 23.0 Å². The number of nitrogens with one attached hydrogen (secondary N) is 1. The lowest BCUT2D eigenvalue weighted by atomic mass is 10.1. The lowest BCUT2D eigenvalue weighted by molar-refractivity contribution is 0.423. The molecule has 1 aromatic heterocycles. The Labute approximate surface area is 131 Å². The minimum absolute atomic E-state index is 0.110. The number of aromatic nitrogens is 2. The molecule has 0 saturated carbocycles. The van der Waals surface area contributed by atoms with Crippen molar-refractivity contribution in [3.63, 3.8) is 0 Å². The van der Waals surface area contributed by atoms with Crippen molar-refractivity contribution in [2.24, 2.45) is 0 Å². The third-order valence-corrected chi connectivity index (χ3v) is 3.90. The second-order valence-electron chi connectivity index (χ2n) is 6.26. The molecule has 112 valence electrons. The lowest BCUT2D eigenvalue weighted by Gasteiger charge is -2.20. The molecule has 0 saturated heterocycles. The number of hydrogen-bond donors (Lipinski definition) is 1. The zero-order valence-corrected chi connectivity index (χ0v) is 14.0. The van der Waals surface area contributed by atoms with Crippen molar-refractivity contribution in [1.82, 2.24) is 15.3 Å². The average molecular weight is 301 g/mol. The molecule has 0 amide bonds. The van der Waals surface area contributed by atoms with Crippen molar-refractivity contribution in [3.8, 4) is 0 Å². The van der Waals surface area contributed by atoms with Gasteiger partial charge in [-0.2, -0.15) is 0 Å². The molecule has 4 heteroatoms. The van der Waals surface area contributed by atoms with Crippen LogP contribution < -0.4 is 5.32 Å². The Hall–Kier alpha value is -1.39. The van der Waals surface area contributed by atoms with Gasteiger partial charge in [0.15, 0.2) is 5.16 Å². The van der Waals surface area contributed by atoms with Gasteiger partial charge in [0.05, 0.1) is 0 Å². The number of aryl methyl sites for hydroxylation is 1. The van der Waals surface area contributed by atoms with Gasteiger partial charge in [0.25, 0.3) is 0 Å². The first kappa shape index (κ1) is 16.0. The van der Waals surface area contributed by atoms with Crippen molar-refractivity contribution in [1.29, 1.82) is 0 Å². The predicted octanol–water partition coefficient (Wildman–Crippen LogP) is 3.97. The second kappa shape index (κ2) is 7.05. The highest BCUT2D eigenvalue weighted by Gasteiger charge is 2.08. The van der Waals surface area contributed by atoms with Crippen LogP contribution in [0.2, 0.25) is 0 Å². The van der Waals surface area contributed by atoms with Crippen LogP contribution in [0.4, 0.5) is 0 Å². The summed E-state index contributed by atoms with van der Waals surface area (Å²) in [5, 5.41) is 4.26. The molecule has 0 aliphatic heterocycles. The van der Waals surface area contributed by atoms with E-state index in [1.807, 2.05) is 12.4 Å². The molecular weight excluding hydrogens is 278 g/mol. The predicted molar refractivity (Wildman–Crippen MR) is 89.4 cm³/mol. The van der Waals surface area contributed by atoms with E-state index in [4.69, 9.17) is 0 Å². The van der Waals surface area contributed by atoms with Gasteiger partial charge in [0, 0.05) is 35.8 Å². The first-order chi connectivity index (χ1) is 9.92. The van der Waals surface area contributed by atoms with Gasteiger partial charge in [-0.15, -0.1) is 0 Å². The van der Waals surface area contributed by atoms with Crippen LogP contribution in [0.1, 0.15) is 37.5 Å². The SMILES string of the molecule is Cc1cccc(CSc2ncc(CNC(C)(C)C)cn2)c1. The minimum Gasteiger partial charge on any atom is -0.308 e. The van der Waals surface area contributed by atoms with Crippen LogP contribution in [0.3, 0.4) is 0 Å². The summed E-state index contributed by atoms with van der Waals surface area (Å²) in [6.07, 6.45) is 3.81. The van der Waals surface area contributed by atoms with Crippen LogP contribution in [0.25, 0.3) is 0 Å². The number of benzene rings is 1. The third kappa shape index (κ3) is 5.86. The highest BCUT2D eigenvalue weighted by atomic mass is 32.2. The monoisotopic (exact) mass is 301 g/mol. The molecule has 0 fully saturated rings. The number of thioether (sulfide) groups is 1. The van der Waals surface area contributed by atoms with Gasteiger partial charge in [-0.1, -0.05) is 41.6 Å². The Balaban J connectivity index is 1.87. The molecule has 21 heavy (non-hydrogen) atoms. The Morgan fingerprint density at radius 1 is 1.10 bits per heavy atom. The van der Waals surface area contributed by atoms with Gasteiger partial charge in [-0.05, 0) is 33.3 Å². The standard InChI is InChI=1S/C17H23N3S/c1-13-6-5-7-14(8-13)12-21-16-18-9-15(10-19-16)11-20-17(2,3)4/h5-10,20H,11-12H2,1-4H3. The molecule has 1 heterocycles. The lowest BCUT2D eigenvalue weighted by Crippen LogP contribution is -2.35. The van der Waals surface area contributed by atoms with E-state index < -0.39 is 0 Å². The van der Waals surface area contributed by atoms with E-state index in [0.29, 0.717) is 0 Å². The summed E-state index contributed by atoms with van der Waals surface area (Å²) in [5.74, 6) is 0.904. The van der Waals surface area contributed by atoms with Gasteiger partial charge >= 0.3 is 0 Å². The molecule has 2 rings (SSSR count). The fourth-order valence-electron chi connectivity index (χ4n) is 1.83. The third-order valence-electron chi connectivity index (χ3n) is 2.95. The van der Waals surface area contributed by atoms with Crippen LogP contribution in [0, 0.1) is 6.92 Å². The maximum absolute atomic E-state index is 4.43. The highest BCUT2D eigenvalue weighted by molar-refractivity contribution is 7.98. The number of nitrogens with zero attached hydrogens (tertiary/aromatic N) is 2. The quantitative estimate of drug-likeness (QED) is 0.670. The zero-order chi connectivity index (χ0) is 15.3. The van der Waals surface area contributed by atoms with E-state index >= 15 is 0 Å². The first-order valence-electron chi connectivity index (χ1n) is 7.17. The van der Waals surface area contributed by atoms with Gasteiger partial charge in [0.1, 0.15) is 0 Å². The van der Waals surface area contributed by atoms with E-state index in [1.165, 1.54) is 11.1 Å². The number of rotatable bonds is 5. The summed E-state index contributed by atoms with van der Waals surface area (Å²) >= 11 is 1.67. The van der Waals surface area contributed by atoms with Gasteiger partial charge in [-0.25, -0.2) is 9.97 Å². The summed E-state index contributed by atoms with van der Waals surface area (Å²) in [7, 11) is 0. The van der Waals surface area contributed by atoms with Crippen LogP contribution in [0.5, 0.6) is 0 Å². The minimum atomic E-state index is 0.110. The van der Waals surface area contributed by atoms with Gasteiger partial charge < -0.3 is 5.32 Å². The Bertz CT molecular complexity index is 573. The van der Waals surface area contributed by atoms with E-state index in [-0.39, 0.29) is 5.54 Å². The van der Waals surface area contributed by atoms with Crippen molar-refractivity contribution in [2.75, 3.05) is 0 Å². The molecule has 0 spiro atoms. The summed E-state index contributed by atoms with van der Waals surface area (Å²) in [4.78, 5) is 8.86. The fraction of sp³-hybridized carbons (Fsp3) is 0.412. The second-order valence-corrected chi connectivity index (χ2v) is 7.20. The molecule has 3 nitrogen and oxygen atoms in total. The zero-order valence-electron chi connectivity index (χ0n) is 13.2. The number of hydrogen-bond acceptors (Lipinski definition) is 4. The van der Waals surface area contributed by atoms with E-state index in [2.05, 4.69) is 67.2 Å². The van der Waals surface area contributed by atoms with Gasteiger partial charge in [0.2, 0.25) is 0 Å². The highest BCUT2D eigenvalue weighted by Crippen LogP contribution is 2.19. The average Bonchev–Trinajstić information content (AvgIpc) is 2.43. The topological polar surface area (TPSA) is 37.8 Å². The molecule has 1 aromatic carbocycles. The first-order valence-corrected chi connectivity index (χ1v) is 8.15. The Kier molecular flexibility index (Phi) is 5.37. The smallest absolute Gasteiger partial charge is 0.187 e. The summed E-state index contributed by atoms with van der Waals surface area (Å²) in [6.45, 7) is 9.37. The van der Waals surface area contributed by atoms with Crippen molar-refractivity contribution in [3.05, 3.63) is 53.3 Å². The normalized spacial score (nSPS) is 11.6. The van der Waals surface area contributed by atoms with Gasteiger partial charge in [-0.3, -0.25) is 0 Å². The Morgan fingerprint density at radius 2 is 1.81 bits per heavy atom. The summed E-state index contributed by atoms with van der Waals surface area (Å²) < 4.78 is 0. The molecule has 0 unspecified atom stereocenters. The molecule has 0 aliphatic carbocycles. The molecule has 1 N–H and O–H groups in total.